The zero-order chi connectivity index (χ0) is 39.0. The lowest BCUT2D eigenvalue weighted by molar-refractivity contribution is -0.393. The number of hydrogen-bond acceptors (Lipinski definition) is 7. The molecule has 3 N–H and O–H groups in total. The molecule has 2 amide bonds. The van der Waals surface area contributed by atoms with Crippen molar-refractivity contribution in [3.63, 3.8) is 0 Å². The Balaban J connectivity index is 0.990. The molecule has 4 aliphatic rings. The number of carbonyl (C=O) groups is 2. The third kappa shape index (κ3) is 9.65. The van der Waals surface area contributed by atoms with E-state index in [4.69, 9.17) is 0 Å². The topological polar surface area (TPSA) is 157 Å². The number of non-ortho nitro benzene ring substituents is 1. The first-order valence-electron chi connectivity index (χ1n) is 21.2. The number of nitro groups is 2. The summed E-state index contributed by atoms with van der Waals surface area (Å²) in [7, 11) is 0. The second-order valence-electron chi connectivity index (χ2n) is 18.0. The minimum atomic E-state index is -0.661. The van der Waals surface area contributed by atoms with E-state index in [9.17, 15) is 29.8 Å². The molecule has 1 aromatic rings. The van der Waals surface area contributed by atoms with Gasteiger partial charge in [0.25, 0.3) is 11.4 Å². The quantitative estimate of drug-likeness (QED) is 0.0550. The number of allylic oxidation sites excluding steroid dienone is 1. The fourth-order valence-corrected chi connectivity index (χ4v) is 11.4. The SMILES string of the molecule is CCC(C)CCCC(C)[C@H]1CCC2C3CC=C4C[C@@H](NC(=O)CCNC(=O)CCCCCNc5ccc([N+](=O)[O-])cc5[N+](=O)[O-])CC[C@]4(C)C3CC[C@@]21C. The van der Waals surface area contributed by atoms with Crippen LogP contribution in [0.15, 0.2) is 29.8 Å². The van der Waals surface area contributed by atoms with E-state index in [0.717, 1.165) is 67.3 Å². The summed E-state index contributed by atoms with van der Waals surface area (Å²) in [6.07, 6.45) is 20.6. The summed E-state index contributed by atoms with van der Waals surface area (Å²) in [6.45, 7) is 13.2. The van der Waals surface area contributed by atoms with Crippen molar-refractivity contribution in [2.45, 2.75) is 150 Å². The number of nitrogens with one attached hydrogen (secondary N) is 3. The first-order chi connectivity index (χ1) is 25.8. The first kappa shape index (κ1) is 41.7. The highest BCUT2D eigenvalue weighted by atomic mass is 16.6. The molecule has 9 atom stereocenters. The number of anilines is 1. The number of fused-ring (bicyclic) bond motifs is 5. The molecule has 54 heavy (non-hydrogen) atoms. The monoisotopic (exact) mass is 750 g/mol. The number of unbranched alkanes of at least 4 members (excludes halogenated alkanes) is 2. The van der Waals surface area contributed by atoms with E-state index in [0.29, 0.717) is 37.8 Å². The molecule has 5 unspecified atom stereocenters. The number of nitro benzene ring substituents is 2. The minimum Gasteiger partial charge on any atom is -0.379 e. The predicted octanol–water partition coefficient (Wildman–Crippen LogP) is 9.90. The molecule has 5 rings (SSSR count). The molecule has 1 aromatic carbocycles. The van der Waals surface area contributed by atoms with Crippen molar-refractivity contribution in [2.75, 3.05) is 18.4 Å². The van der Waals surface area contributed by atoms with E-state index >= 15 is 0 Å². The molecule has 300 valence electrons. The Labute approximate surface area is 322 Å². The van der Waals surface area contributed by atoms with Crippen LogP contribution in [0.3, 0.4) is 0 Å². The molecule has 0 spiro atoms. The van der Waals surface area contributed by atoms with Crippen LogP contribution in [0.4, 0.5) is 17.1 Å². The third-order valence-corrected chi connectivity index (χ3v) is 14.7. The Hall–Kier alpha value is -3.50. The van der Waals surface area contributed by atoms with Crippen LogP contribution in [0, 0.1) is 66.6 Å². The van der Waals surface area contributed by atoms with Gasteiger partial charge >= 0.3 is 0 Å². The molecule has 0 bridgehead atoms. The van der Waals surface area contributed by atoms with Gasteiger partial charge in [-0.3, -0.25) is 29.8 Å². The second-order valence-corrected chi connectivity index (χ2v) is 18.0. The fraction of sp³-hybridized carbons (Fsp3) is 0.767. The van der Waals surface area contributed by atoms with Gasteiger partial charge in [-0.05, 0) is 117 Å². The summed E-state index contributed by atoms with van der Waals surface area (Å²) in [4.78, 5) is 46.3. The largest absolute Gasteiger partial charge is 0.379 e. The Kier molecular flexibility index (Phi) is 14.2. The molecule has 0 aliphatic heterocycles. The van der Waals surface area contributed by atoms with Crippen molar-refractivity contribution in [2.24, 2.45) is 46.3 Å². The summed E-state index contributed by atoms with van der Waals surface area (Å²) in [6, 6.07) is 3.69. The maximum Gasteiger partial charge on any atom is 0.299 e. The molecule has 0 heterocycles. The van der Waals surface area contributed by atoms with E-state index in [1.54, 1.807) is 5.57 Å². The Bertz CT molecular complexity index is 1530. The van der Waals surface area contributed by atoms with Crippen molar-refractivity contribution < 1.29 is 19.4 Å². The van der Waals surface area contributed by atoms with Gasteiger partial charge in [0.15, 0.2) is 0 Å². The number of amides is 2. The molecular weight excluding hydrogens is 683 g/mol. The van der Waals surface area contributed by atoms with Gasteiger partial charge in [0, 0.05) is 38.0 Å². The zero-order valence-corrected chi connectivity index (χ0v) is 33.6. The first-order valence-corrected chi connectivity index (χ1v) is 21.2. The summed E-state index contributed by atoms with van der Waals surface area (Å²) < 4.78 is 0. The van der Waals surface area contributed by atoms with Crippen molar-refractivity contribution in [3.05, 3.63) is 50.1 Å². The lowest BCUT2D eigenvalue weighted by Crippen LogP contribution is -2.52. The van der Waals surface area contributed by atoms with Gasteiger partial charge in [0.2, 0.25) is 11.8 Å². The van der Waals surface area contributed by atoms with Crippen LogP contribution in [-0.2, 0) is 9.59 Å². The summed E-state index contributed by atoms with van der Waals surface area (Å²) in [5.74, 6) is 4.85. The van der Waals surface area contributed by atoms with Crippen molar-refractivity contribution in [1.29, 1.82) is 0 Å². The molecule has 11 nitrogen and oxygen atoms in total. The van der Waals surface area contributed by atoms with Crippen LogP contribution < -0.4 is 16.0 Å². The molecule has 0 aromatic heterocycles. The standard InChI is InChI=1S/C43H67N5O6/c1-6-29(2)11-10-12-30(3)35-17-18-36-34-16-14-31-27-32(20-23-42(31,4)37(34)21-24-43(35,36)5)46-41(50)22-26-45-40(49)13-8-7-9-25-44-38-19-15-33(47(51)52)28-39(38)48(53)54/h14-15,19,28-30,32,34-37,44H,6-13,16-18,20-27H2,1-5H3,(H,45,49)(H,46,50)/t29?,30?,32-,34?,35+,36?,37?,42-,43+/m0/s1. The van der Waals surface area contributed by atoms with Crippen LogP contribution in [0.25, 0.3) is 0 Å². The number of hydrogen-bond donors (Lipinski definition) is 3. The summed E-state index contributed by atoms with van der Waals surface area (Å²) in [5.41, 5.74) is 1.88. The highest BCUT2D eigenvalue weighted by molar-refractivity contribution is 5.79. The molecular formula is C43H67N5O6. The van der Waals surface area contributed by atoms with Gasteiger partial charge in [-0.1, -0.05) is 78.4 Å². The van der Waals surface area contributed by atoms with Crippen LogP contribution in [0.1, 0.15) is 144 Å². The van der Waals surface area contributed by atoms with E-state index < -0.39 is 9.85 Å². The molecule has 3 saturated carbocycles. The van der Waals surface area contributed by atoms with E-state index in [1.165, 1.54) is 69.9 Å². The molecule has 0 radical (unpaired) electrons. The Morgan fingerprint density at radius 1 is 0.889 bits per heavy atom. The van der Waals surface area contributed by atoms with E-state index in [1.807, 2.05) is 0 Å². The third-order valence-electron chi connectivity index (χ3n) is 14.7. The van der Waals surface area contributed by atoms with Crippen molar-refractivity contribution in [1.82, 2.24) is 10.6 Å². The Morgan fingerprint density at radius 2 is 1.69 bits per heavy atom. The highest BCUT2D eigenvalue weighted by Crippen LogP contribution is 2.67. The van der Waals surface area contributed by atoms with Gasteiger partial charge in [-0.15, -0.1) is 0 Å². The van der Waals surface area contributed by atoms with Crippen LogP contribution >= 0.6 is 0 Å². The number of rotatable bonds is 19. The van der Waals surface area contributed by atoms with Gasteiger partial charge < -0.3 is 16.0 Å². The number of benzene rings is 1. The average molecular weight is 750 g/mol. The normalized spacial score (nSPS) is 29.8. The van der Waals surface area contributed by atoms with Crippen LogP contribution in [0.5, 0.6) is 0 Å². The number of nitrogens with zero attached hydrogens (tertiary/aromatic N) is 2. The molecule has 4 aliphatic carbocycles. The molecule has 3 fully saturated rings. The van der Waals surface area contributed by atoms with Gasteiger partial charge in [0.1, 0.15) is 5.69 Å². The second kappa shape index (κ2) is 18.4. The maximum absolute atomic E-state index is 12.9. The van der Waals surface area contributed by atoms with Crippen LogP contribution in [-0.4, -0.2) is 40.8 Å². The van der Waals surface area contributed by atoms with Crippen molar-refractivity contribution >= 4 is 28.9 Å². The van der Waals surface area contributed by atoms with E-state index in [-0.39, 0.29) is 46.8 Å². The van der Waals surface area contributed by atoms with Crippen molar-refractivity contribution in [3.8, 4) is 0 Å². The van der Waals surface area contributed by atoms with Crippen LogP contribution in [0.2, 0.25) is 0 Å². The lowest BCUT2D eigenvalue weighted by Gasteiger charge is -2.58. The highest BCUT2D eigenvalue weighted by Gasteiger charge is 2.59. The molecule has 0 saturated heterocycles. The smallest absolute Gasteiger partial charge is 0.299 e. The van der Waals surface area contributed by atoms with Gasteiger partial charge in [0.05, 0.1) is 15.9 Å². The Morgan fingerprint density at radius 3 is 2.43 bits per heavy atom. The zero-order valence-electron chi connectivity index (χ0n) is 33.6. The van der Waals surface area contributed by atoms with Gasteiger partial charge in [-0.25, -0.2) is 0 Å². The molecule has 11 heteroatoms. The summed E-state index contributed by atoms with van der Waals surface area (Å²) in [5, 5.41) is 31.4. The summed E-state index contributed by atoms with van der Waals surface area (Å²) >= 11 is 0. The fourth-order valence-electron chi connectivity index (χ4n) is 11.4. The maximum atomic E-state index is 12.9. The minimum absolute atomic E-state index is 0.00620. The predicted molar refractivity (Wildman–Crippen MR) is 214 cm³/mol. The lowest BCUT2D eigenvalue weighted by atomic mass is 9.47. The number of carbonyl (C=O) groups excluding carboxylic acids is 2. The average Bonchev–Trinajstić information content (AvgIpc) is 3.50. The van der Waals surface area contributed by atoms with Gasteiger partial charge in [-0.2, -0.15) is 0 Å². The van der Waals surface area contributed by atoms with E-state index in [2.05, 4.69) is 56.6 Å².